The molecule has 6 nitrogen and oxygen atoms in total. The van der Waals surface area contributed by atoms with Crippen LogP contribution >= 0.6 is 11.3 Å². The average Bonchev–Trinajstić information content (AvgIpc) is 3.24. The number of thiophene rings is 1. The third kappa shape index (κ3) is 6.05. The summed E-state index contributed by atoms with van der Waals surface area (Å²) in [5.41, 5.74) is 4.28. The predicted molar refractivity (Wildman–Crippen MR) is 132 cm³/mol. The van der Waals surface area contributed by atoms with E-state index in [0.29, 0.717) is 23.7 Å². The molecule has 0 fully saturated rings. The normalized spacial score (nSPS) is 10.5. The van der Waals surface area contributed by atoms with Crippen molar-refractivity contribution in [2.24, 2.45) is 0 Å². The van der Waals surface area contributed by atoms with E-state index in [-0.39, 0.29) is 17.8 Å². The number of hydrogen-bond donors (Lipinski definition) is 3. The molecule has 4 rings (SSSR count). The van der Waals surface area contributed by atoms with Crippen molar-refractivity contribution in [1.29, 1.82) is 0 Å². The van der Waals surface area contributed by atoms with Gasteiger partial charge in [0.15, 0.2) is 0 Å². The summed E-state index contributed by atoms with van der Waals surface area (Å²) in [6.45, 7) is 2.64. The van der Waals surface area contributed by atoms with Gasteiger partial charge in [0, 0.05) is 36.0 Å². The minimum atomic E-state index is -0.319. The molecule has 8 heteroatoms. The summed E-state index contributed by atoms with van der Waals surface area (Å²) < 4.78 is 13.2. The van der Waals surface area contributed by atoms with E-state index in [9.17, 15) is 14.0 Å². The van der Waals surface area contributed by atoms with Gasteiger partial charge in [-0.05, 0) is 71.6 Å². The van der Waals surface area contributed by atoms with Gasteiger partial charge < -0.3 is 16.0 Å². The summed E-state index contributed by atoms with van der Waals surface area (Å²) in [5, 5.41) is 8.52. The molecule has 0 saturated carbocycles. The van der Waals surface area contributed by atoms with Gasteiger partial charge >= 0.3 is 6.03 Å². The first-order valence-electron chi connectivity index (χ1n) is 10.7. The molecular weight excluding hydrogens is 451 g/mol. The first-order chi connectivity index (χ1) is 16.5. The van der Waals surface area contributed by atoms with Gasteiger partial charge in [0.05, 0.1) is 4.88 Å². The second kappa shape index (κ2) is 10.7. The second-order valence-electron chi connectivity index (χ2n) is 7.68. The smallest absolute Gasteiger partial charge is 0.319 e. The number of rotatable bonds is 7. The van der Waals surface area contributed by atoms with E-state index in [0.717, 1.165) is 27.1 Å². The van der Waals surface area contributed by atoms with Crippen LogP contribution in [0.25, 0.3) is 10.4 Å². The van der Waals surface area contributed by atoms with Crippen LogP contribution in [0.4, 0.5) is 14.9 Å². The molecular formula is C26H23FN4O2S. The van der Waals surface area contributed by atoms with Crippen LogP contribution in [0.2, 0.25) is 0 Å². The van der Waals surface area contributed by atoms with Crippen molar-refractivity contribution in [2.45, 2.75) is 20.0 Å². The number of urea groups is 1. The molecule has 0 atom stereocenters. The molecule has 172 valence electrons. The maximum atomic E-state index is 13.2. The van der Waals surface area contributed by atoms with Crippen LogP contribution < -0.4 is 16.0 Å². The Labute approximate surface area is 200 Å². The molecule has 0 bridgehead atoms. The quantitative estimate of drug-likeness (QED) is 0.330. The highest BCUT2D eigenvalue weighted by atomic mass is 32.1. The fourth-order valence-electron chi connectivity index (χ4n) is 3.37. The molecule has 0 aliphatic carbocycles. The first-order valence-corrected chi connectivity index (χ1v) is 11.5. The number of aryl methyl sites for hydroxylation is 1. The van der Waals surface area contributed by atoms with Crippen molar-refractivity contribution >= 4 is 29.0 Å². The number of amides is 3. The van der Waals surface area contributed by atoms with Crippen LogP contribution in [0.3, 0.4) is 0 Å². The summed E-state index contributed by atoms with van der Waals surface area (Å²) in [7, 11) is 0. The molecule has 2 aromatic heterocycles. The van der Waals surface area contributed by atoms with E-state index in [4.69, 9.17) is 0 Å². The zero-order valence-electron chi connectivity index (χ0n) is 18.5. The lowest BCUT2D eigenvalue weighted by Crippen LogP contribution is -2.28. The molecule has 2 heterocycles. The van der Waals surface area contributed by atoms with Gasteiger partial charge in [0.25, 0.3) is 5.91 Å². The van der Waals surface area contributed by atoms with Gasteiger partial charge in [0.1, 0.15) is 5.82 Å². The molecule has 0 unspecified atom stereocenters. The van der Waals surface area contributed by atoms with Crippen molar-refractivity contribution in [2.75, 3.05) is 5.32 Å². The number of benzene rings is 2. The lowest BCUT2D eigenvalue weighted by molar-refractivity contribution is 0.0955. The Hall–Kier alpha value is -4.04. The molecule has 0 spiro atoms. The summed E-state index contributed by atoms with van der Waals surface area (Å²) in [5.74, 6) is -0.478. The third-order valence-corrected chi connectivity index (χ3v) is 6.37. The lowest BCUT2D eigenvalue weighted by atomic mass is 10.1. The van der Waals surface area contributed by atoms with Crippen LogP contribution in [-0.4, -0.2) is 16.9 Å². The number of halogens is 1. The maximum absolute atomic E-state index is 13.2. The van der Waals surface area contributed by atoms with Gasteiger partial charge in [-0.15, -0.1) is 11.3 Å². The number of pyridine rings is 1. The van der Waals surface area contributed by atoms with E-state index in [2.05, 4.69) is 20.9 Å². The molecule has 3 N–H and O–H groups in total. The van der Waals surface area contributed by atoms with Gasteiger partial charge in [0.2, 0.25) is 0 Å². The van der Waals surface area contributed by atoms with E-state index >= 15 is 0 Å². The highest BCUT2D eigenvalue weighted by Gasteiger charge is 2.14. The van der Waals surface area contributed by atoms with Gasteiger partial charge in [-0.2, -0.15) is 0 Å². The average molecular weight is 475 g/mol. The first kappa shape index (κ1) is 23.1. The Bertz CT molecular complexity index is 1290. The maximum Gasteiger partial charge on any atom is 0.319 e. The predicted octanol–water partition coefficient (Wildman–Crippen LogP) is 5.51. The van der Waals surface area contributed by atoms with Crippen molar-refractivity contribution in [3.63, 3.8) is 0 Å². The highest BCUT2D eigenvalue weighted by Crippen LogP contribution is 2.32. The standard InChI is InChI=1S/C26H23FN4O2S/c1-17-13-23(34-24(17)20-5-7-21(27)8-6-20)25(32)29-16-19-3-2-4-22(14-19)31-26(33)30-15-18-9-11-28-12-10-18/h2-14H,15-16H2,1H3,(H,29,32)(H2,30,31,33). The lowest BCUT2D eigenvalue weighted by Gasteiger charge is -2.10. The van der Waals surface area contributed by atoms with Gasteiger partial charge in [-0.25, -0.2) is 9.18 Å². The Kier molecular flexibility index (Phi) is 7.29. The fraction of sp³-hybridized carbons (Fsp3) is 0.115. The Balaban J connectivity index is 1.33. The number of anilines is 1. The number of aromatic nitrogens is 1. The van der Waals surface area contributed by atoms with Gasteiger partial charge in [-0.3, -0.25) is 9.78 Å². The molecule has 0 radical (unpaired) electrons. The topological polar surface area (TPSA) is 83.1 Å². The van der Waals surface area contributed by atoms with Crippen molar-refractivity contribution in [3.8, 4) is 10.4 Å². The third-order valence-electron chi connectivity index (χ3n) is 5.09. The fourth-order valence-corrected chi connectivity index (χ4v) is 4.46. The van der Waals surface area contributed by atoms with E-state index in [1.807, 2.05) is 43.3 Å². The highest BCUT2D eigenvalue weighted by molar-refractivity contribution is 7.17. The molecule has 2 aromatic carbocycles. The zero-order valence-corrected chi connectivity index (χ0v) is 19.3. The molecule has 4 aromatic rings. The van der Waals surface area contributed by atoms with E-state index in [1.165, 1.54) is 23.5 Å². The number of hydrogen-bond acceptors (Lipinski definition) is 4. The summed E-state index contributed by atoms with van der Waals surface area (Å²) in [4.78, 5) is 30.4. The van der Waals surface area contributed by atoms with Crippen LogP contribution in [0, 0.1) is 12.7 Å². The van der Waals surface area contributed by atoms with E-state index in [1.54, 1.807) is 30.6 Å². The number of nitrogens with one attached hydrogen (secondary N) is 3. The van der Waals surface area contributed by atoms with Gasteiger partial charge in [-0.1, -0.05) is 24.3 Å². The Morgan fingerprint density at radius 1 is 0.912 bits per heavy atom. The molecule has 0 saturated heterocycles. The van der Waals surface area contributed by atoms with Crippen molar-refractivity contribution < 1.29 is 14.0 Å². The minimum absolute atomic E-state index is 0.185. The van der Waals surface area contributed by atoms with Crippen LogP contribution in [0.1, 0.15) is 26.4 Å². The molecule has 34 heavy (non-hydrogen) atoms. The SMILES string of the molecule is Cc1cc(C(=O)NCc2cccc(NC(=O)NCc3ccncc3)c2)sc1-c1ccc(F)cc1. The molecule has 0 aliphatic rings. The monoisotopic (exact) mass is 474 g/mol. The molecule has 0 aliphatic heterocycles. The van der Waals surface area contributed by atoms with Crippen molar-refractivity contribution in [1.82, 2.24) is 15.6 Å². The largest absolute Gasteiger partial charge is 0.347 e. The minimum Gasteiger partial charge on any atom is -0.347 e. The van der Waals surface area contributed by atoms with Crippen molar-refractivity contribution in [3.05, 3.63) is 107 Å². The second-order valence-corrected chi connectivity index (χ2v) is 8.73. The Morgan fingerprint density at radius 2 is 1.65 bits per heavy atom. The molecule has 3 amide bonds. The number of carbonyl (C=O) groups excluding carboxylic acids is 2. The summed E-state index contributed by atoms with van der Waals surface area (Å²) in [6.07, 6.45) is 3.35. The Morgan fingerprint density at radius 3 is 2.41 bits per heavy atom. The number of nitrogens with zero attached hydrogens (tertiary/aromatic N) is 1. The zero-order chi connectivity index (χ0) is 23.9. The summed E-state index contributed by atoms with van der Waals surface area (Å²) in [6, 6.07) is 18.7. The van der Waals surface area contributed by atoms with E-state index < -0.39 is 0 Å². The van der Waals surface area contributed by atoms with Crippen LogP contribution in [0.5, 0.6) is 0 Å². The number of carbonyl (C=O) groups is 2. The van der Waals surface area contributed by atoms with Crippen LogP contribution in [-0.2, 0) is 13.1 Å². The summed E-state index contributed by atoms with van der Waals surface area (Å²) >= 11 is 1.37. The van der Waals surface area contributed by atoms with Crippen LogP contribution in [0.15, 0.2) is 79.1 Å².